The normalized spacial score (nSPS) is 16.7. The Labute approximate surface area is 141 Å². The zero-order valence-electron chi connectivity index (χ0n) is 13.0. The number of carbonyl (C=O) groups is 1. The number of hydrogen-bond acceptors (Lipinski definition) is 4. The molecule has 2 aromatic rings. The molecule has 1 aliphatic heterocycles. The molecule has 23 heavy (non-hydrogen) atoms. The smallest absolute Gasteiger partial charge is 0.242 e. The molecule has 1 amide bonds. The van der Waals surface area contributed by atoms with Crippen molar-refractivity contribution >= 4 is 17.7 Å². The average Bonchev–Trinajstić information content (AvgIpc) is 2.63. The van der Waals surface area contributed by atoms with Crippen molar-refractivity contribution in [3.63, 3.8) is 0 Å². The number of nitrogens with zero attached hydrogens (tertiary/aromatic N) is 2. The van der Waals surface area contributed by atoms with E-state index in [-0.39, 0.29) is 11.9 Å². The van der Waals surface area contributed by atoms with Crippen LogP contribution in [0.4, 0.5) is 0 Å². The molecule has 0 unspecified atom stereocenters. The van der Waals surface area contributed by atoms with Gasteiger partial charge in [0.25, 0.3) is 0 Å². The van der Waals surface area contributed by atoms with Crippen LogP contribution in [0.3, 0.4) is 0 Å². The Morgan fingerprint density at radius 1 is 1.13 bits per heavy atom. The van der Waals surface area contributed by atoms with Crippen molar-refractivity contribution < 1.29 is 4.79 Å². The van der Waals surface area contributed by atoms with E-state index in [0.717, 1.165) is 35.7 Å². The van der Waals surface area contributed by atoms with Crippen LogP contribution < -0.4 is 5.32 Å². The lowest BCUT2D eigenvalue weighted by atomic mass is 10.0. The van der Waals surface area contributed by atoms with Gasteiger partial charge >= 0.3 is 0 Å². The van der Waals surface area contributed by atoms with Gasteiger partial charge in [0.2, 0.25) is 5.91 Å². The molecule has 1 atom stereocenters. The van der Waals surface area contributed by atoms with E-state index in [0.29, 0.717) is 6.54 Å². The standard InChI is InChI=1S/C18H21N3OS/c22-18(20-14-15-6-8-19-9-7-15)17(16-4-2-1-3-5-16)21-10-12-23-13-11-21/h1-9,17H,10-14H2,(H,20,22)/t17-/m1/s1. The molecular formula is C18H21N3OS. The first kappa shape index (κ1) is 16.0. The van der Waals surface area contributed by atoms with Crippen LogP contribution in [0.1, 0.15) is 17.2 Å². The summed E-state index contributed by atoms with van der Waals surface area (Å²) in [5, 5.41) is 3.08. The lowest BCUT2D eigenvalue weighted by Crippen LogP contribution is -2.44. The molecule has 5 heteroatoms. The van der Waals surface area contributed by atoms with E-state index >= 15 is 0 Å². The van der Waals surface area contributed by atoms with Crippen molar-refractivity contribution in [2.75, 3.05) is 24.6 Å². The molecule has 0 bridgehead atoms. The summed E-state index contributed by atoms with van der Waals surface area (Å²) in [5.74, 6) is 2.24. The zero-order chi connectivity index (χ0) is 15.9. The van der Waals surface area contributed by atoms with Crippen molar-refractivity contribution in [2.24, 2.45) is 0 Å². The highest BCUT2D eigenvalue weighted by Crippen LogP contribution is 2.24. The lowest BCUT2D eigenvalue weighted by molar-refractivity contribution is -0.126. The second-order valence-corrected chi connectivity index (χ2v) is 6.76. The summed E-state index contributed by atoms with van der Waals surface area (Å²) in [6.07, 6.45) is 3.50. The van der Waals surface area contributed by atoms with Gasteiger partial charge in [-0.15, -0.1) is 0 Å². The van der Waals surface area contributed by atoms with Gasteiger partial charge in [0, 0.05) is 43.5 Å². The van der Waals surface area contributed by atoms with Gasteiger partial charge in [-0.2, -0.15) is 11.8 Å². The summed E-state index contributed by atoms with van der Waals surface area (Å²) in [4.78, 5) is 19.1. The number of rotatable bonds is 5. The predicted molar refractivity (Wildman–Crippen MR) is 94.2 cm³/mol. The third-order valence-electron chi connectivity index (χ3n) is 3.99. The molecule has 1 N–H and O–H groups in total. The van der Waals surface area contributed by atoms with Gasteiger partial charge in [0.05, 0.1) is 0 Å². The van der Waals surface area contributed by atoms with E-state index < -0.39 is 0 Å². The highest BCUT2D eigenvalue weighted by molar-refractivity contribution is 7.99. The van der Waals surface area contributed by atoms with Gasteiger partial charge in [0.15, 0.2) is 0 Å². The second kappa shape index (κ2) is 8.13. The SMILES string of the molecule is O=C(NCc1ccncc1)[C@@H](c1ccccc1)N1CCSCC1. The second-order valence-electron chi connectivity index (χ2n) is 5.53. The first-order chi connectivity index (χ1) is 11.3. The third-order valence-corrected chi connectivity index (χ3v) is 4.93. The molecule has 0 radical (unpaired) electrons. The molecule has 1 saturated heterocycles. The minimum Gasteiger partial charge on any atom is -0.350 e. The Bertz CT molecular complexity index is 615. The van der Waals surface area contributed by atoms with Crippen LogP contribution in [0, 0.1) is 0 Å². The lowest BCUT2D eigenvalue weighted by Gasteiger charge is -2.33. The Balaban J connectivity index is 1.73. The van der Waals surface area contributed by atoms with Crippen LogP contribution in [0.5, 0.6) is 0 Å². The molecule has 0 spiro atoms. The fraction of sp³-hybridized carbons (Fsp3) is 0.333. The molecule has 1 aliphatic rings. The molecule has 120 valence electrons. The van der Waals surface area contributed by atoms with Gasteiger partial charge in [-0.3, -0.25) is 14.7 Å². The number of aromatic nitrogens is 1. The number of carbonyl (C=O) groups excluding carboxylic acids is 1. The Hall–Kier alpha value is -1.85. The van der Waals surface area contributed by atoms with E-state index in [1.807, 2.05) is 54.2 Å². The minimum atomic E-state index is -0.209. The van der Waals surface area contributed by atoms with Gasteiger partial charge in [0.1, 0.15) is 6.04 Å². The van der Waals surface area contributed by atoms with Crippen LogP contribution in [0.15, 0.2) is 54.9 Å². The van der Waals surface area contributed by atoms with Gasteiger partial charge in [-0.1, -0.05) is 30.3 Å². The topological polar surface area (TPSA) is 45.2 Å². The summed E-state index contributed by atoms with van der Waals surface area (Å²) >= 11 is 1.95. The largest absolute Gasteiger partial charge is 0.350 e. The number of pyridine rings is 1. The maximum Gasteiger partial charge on any atom is 0.242 e. The average molecular weight is 327 g/mol. The fourth-order valence-electron chi connectivity index (χ4n) is 2.79. The third kappa shape index (κ3) is 4.33. The summed E-state index contributed by atoms with van der Waals surface area (Å²) in [5.41, 5.74) is 2.13. The van der Waals surface area contributed by atoms with Gasteiger partial charge in [-0.25, -0.2) is 0 Å². The molecule has 3 rings (SSSR count). The quantitative estimate of drug-likeness (QED) is 0.916. The summed E-state index contributed by atoms with van der Waals surface area (Å²) in [6, 6.07) is 13.7. The van der Waals surface area contributed by atoms with E-state index in [1.165, 1.54) is 0 Å². The zero-order valence-corrected chi connectivity index (χ0v) is 13.8. The molecule has 1 aromatic heterocycles. The molecule has 0 aliphatic carbocycles. The van der Waals surface area contributed by atoms with E-state index in [4.69, 9.17) is 0 Å². The number of amides is 1. The van der Waals surface area contributed by atoms with Crippen molar-refractivity contribution in [1.82, 2.24) is 15.2 Å². The fourth-order valence-corrected chi connectivity index (χ4v) is 3.72. The van der Waals surface area contributed by atoms with Crippen molar-refractivity contribution in [3.05, 3.63) is 66.0 Å². The Morgan fingerprint density at radius 2 is 1.83 bits per heavy atom. The number of hydrogen-bond donors (Lipinski definition) is 1. The summed E-state index contributed by atoms with van der Waals surface area (Å²) in [6.45, 7) is 2.44. The van der Waals surface area contributed by atoms with Gasteiger partial charge < -0.3 is 5.32 Å². The molecule has 4 nitrogen and oxygen atoms in total. The summed E-state index contributed by atoms with van der Waals surface area (Å²) < 4.78 is 0. The van der Waals surface area contributed by atoms with Crippen molar-refractivity contribution in [3.8, 4) is 0 Å². The first-order valence-electron chi connectivity index (χ1n) is 7.88. The van der Waals surface area contributed by atoms with E-state index in [2.05, 4.69) is 15.2 Å². The number of thioether (sulfide) groups is 1. The van der Waals surface area contributed by atoms with Crippen molar-refractivity contribution in [2.45, 2.75) is 12.6 Å². The molecule has 2 heterocycles. The van der Waals surface area contributed by atoms with Crippen molar-refractivity contribution in [1.29, 1.82) is 0 Å². The Morgan fingerprint density at radius 3 is 2.52 bits per heavy atom. The first-order valence-corrected chi connectivity index (χ1v) is 9.03. The molecule has 1 aromatic carbocycles. The monoisotopic (exact) mass is 327 g/mol. The van der Waals surface area contributed by atoms with Crippen LogP contribution in [0.2, 0.25) is 0 Å². The van der Waals surface area contributed by atoms with Crippen LogP contribution in [-0.4, -0.2) is 40.4 Å². The number of benzene rings is 1. The molecule has 0 saturated carbocycles. The van der Waals surface area contributed by atoms with E-state index in [1.54, 1.807) is 12.4 Å². The van der Waals surface area contributed by atoms with E-state index in [9.17, 15) is 4.79 Å². The molecule has 1 fully saturated rings. The maximum atomic E-state index is 12.8. The van der Waals surface area contributed by atoms with Crippen LogP contribution >= 0.6 is 11.8 Å². The summed E-state index contributed by atoms with van der Waals surface area (Å²) in [7, 11) is 0. The Kier molecular flexibility index (Phi) is 5.66. The van der Waals surface area contributed by atoms with Crippen LogP contribution in [-0.2, 0) is 11.3 Å². The van der Waals surface area contributed by atoms with Crippen LogP contribution in [0.25, 0.3) is 0 Å². The maximum absolute atomic E-state index is 12.8. The predicted octanol–water partition coefficient (Wildman–Crippen LogP) is 2.49. The number of nitrogens with one attached hydrogen (secondary N) is 1. The minimum absolute atomic E-state index is 0.0694. The highest BCUT2D eigenvalue weighted by atomic mass is 32.2. The highest BCUT2D eigenvalue weighted by Gasteiger charge is 2.28. The van der Waals surface area contributed by atoms with Gasteiger partial charge in [-0.05, 0) is 23.3 Å². The molecular weight excluding hydrogens is 306 g/mol.